The van der Waals surface area contributed by atoms with Gasteiger partial charge in [0.1, 0.15) is 28.7 Å². The zero-order valence-electron chi connectivity index (χ0n) is 43.2. The topological polar surface area (TPSA) is 146 Å². The summed E-state index contributed by atoms with van der Waals surface area (Å²) in [6.07, 6.45) is 10.6. The molecule has 5 aromatic rings. The number of benzene rings is 4. The number of thiocarbonyl (C=S) groups is 1. The molecule has 4 aromatic carbocycles. The first-order valence-corrected chi connectivity index (χ1v) is 29.4. The lowest BCUT2D eigenvalue weighted by molar-refractivity contribution is 0.00278. The molecule has 2 aliphatic heterocycles. The highest BCUT2D eigenvalue weighted by Crippen LogP contribution is 2.60. The predicted octanol–water partition coefficient (Wildman–Crippen LogP) is 12.9. The summed E-state index contributed by atoms with van der Waals surface area (Å²) in [6.45, 7) is 6.41. The molecule has 4 aliphatic carbocycles. The van der Waals surface area contributed by atoms with Crippen LogP contribution < -0.4 is 16.1 Å². The van der Waals surface area contributed by atoms with Crippen molar-refractivity contribution >= 4 is 135 Å². The van der Waals surface area contributed by atoms with Gasteiger partial charge in [0.2, 0.25) is 4.77 Å². The number of alkyl halides is 4. The average molecular weight is 1270 g/mol. The normalized spacial score (nSPS) is 22.3. The molecule has 2 saturated heterocycles. The third kappa shape index (κ3) is 15.7. The van der Waals surface area contributed by atoms with Crippen LogP contribution >= 0.6 is 130 Å². The van der Waals surface area contributed by atoms with Crippen LogP contribution in [-0.4, -0.2) is 116 Å². The molecule has 6 aliphatic rings. The third-order valence-electron chi connectivity index (χ3n) is 15.0. The van der Waals surface area contributed by atoms with Crippen LogP contribution in [0, 0.1) is 4.77 Å². The largest absolute Gasteiger partial charge is 0.386 e. The minimum Gasteiger partial charge on any atom is -0.386 e. The van der Waals surface area contributed by atoms with Crippen LogP contribution in [0.5, 0.6) is 0 Å². The molecule has 77 heavy (non-hydrogen) atoms. The first kappa shape index (κ1) is 64.5. The van der Waals surface area contributed by atoms with Gasteiger partial charge in [-0.2, -0.15) is 0 Å². The van der Waals surface area contributed by atoms with E-state index in [0.29, 0.717) is 64.0 Å². The second-order valence-corrected chi connectivity index (χ2v) is 25.8. The van der Waals surface area contributed by atoms with Crippen molar-refractivity contribution in [2.75, 3.05) is 33.4 Å². The number of nitrogens with zero attached hydrogens (tertiary/aromatic N) is 3. The number of aromatic nitrogens is 3. The minimum absolute atomic E-state index is 0. The monoisotopic (exact) mass is 1270 g/mol. The Bertz CT molecular complexity index is 2830. The Hall–Kier alpha value is -1.70. The van der Waals surface area contributed by atoms with Crippen molar-refractivity contribution in [2.24, 2.45) is 0 Å². The summed E-state index contributed by atoms with van der Waals surface area (Å²) in [5.41, 5.74) is 3.66. The van der Waals surface area contributed by atoms with E-state index in [1.807, 2.05) is 118 Å². The number of nitrogens with one attached hydrogen (secondary N) is 4. The number of rotatable bonds is 18. The van der Waals surface area contributed by atoms with Crippen LogP contribution in [0.15, 0.2) is 103 Å². The molecule has 0 spiro atoms. The summed E-state index contributed by atoms with van der Waals surface area (Å²) >= 11 is 61.0. The highest BCUT2D eigenvalue weighted by Gasteiger charge is 2.67. The van der Waals surface area contributed by atoms with E-state index in [1.165, 1.54) is 6.33 Å². The molecule has 0 amide bonds. The van der Waals surface area contributed by atoms with E-state index in [1.54, 1.807) is 9.69 Å². The van der Waals surface area contributed by atoms with Gasteiger partial charge in [0.25, 0.3) is 0 Å². The maximum atomic E-state index is 11.2. The van der Waals surface area contributed by atoms with Crippen LogP contribution in [0.2, 0.25) is 20.1 Å². The van der Waals surface area contributed by atoms with Crippen molar-refractivity contribution in [2.45, 2.75) is 139 Å². The Balaban J connectivity index is 0.000000165. The number of ether oxygens (including phenoxy) is 1. The van der Waals surface area contributed by atoms with E-state index in [-0.39, 0.29) is 29.4 Å². The van der Waals surface area contributed by atoms with Crippen LogP contribution in [-0.2, 0) is 37.0 Å². The molecule has 11 nitrogen and oxygen atoms in total. The molecule has 4 unspecified atom stereocenters. The van der Waals surface area contributed by atoms with E-state index in [9.17, 15) is 15.3 Å². The molecule has 4 atom stereocenters. The van der Waals surface area contributed by atoms with Gasteiger partial charge in [-0.05, 0) is 129 Å². The fourth-order valence-corrected chi connectivity index (χ4v) is 11.6. The fourth-order valence-electron chi connectivity index (χ4n) is 9.52. The molecule has 6 fully saturated rings. The van der Waals surface area contributed by atoms with E-state index in [4.69, 9.17) is 122 Å². The third-order valence-corrected chi connectivity index (χ3v) is 20.1. The highest BCUT2D eigenvalue weighted by molar-refractivity contribution is 7.80. The van der Waals surface area contributed by atoms with E-state index in [2.05, 4.69) is 26.1 Å². The van der Waals surface area contributed by atoms with Crippen molar-refractivity contribution in [3.05, 3.63) is 151 Å². The molecule has 0 bridgehead atoms. The smallest absolute Gasteiger partial charge is 0.215 e. The molecule has 0 radical (unpaired) electrons. The maximum absolute atomic E-state index is 11.2. The minimum atomic E-state index is -1.13. The molecule has 22 heteroatoms. The van der Waals surface area contributed by atoms with E-state index >= 15 is 0 Å². The first-order valence-electron chi connectivity index (χ1n) is 25.6. The Morgan fingerprint density at radius 2 is 1.01 bits per heavy atom. The summed E-state index contributed by atoms with van der Waals surface area (Å²) in [5, 5.41) is 47.1. The van der Waals surface area contributed by atoms with Gasteiger partial charge in [0, 0.05) is 52.3 Å². The molecule has 1 aromatic heterocycles. The number of likely N-dealkylation sites (N-methyl/N-ethyl adjacent to an activating group) is 1. The van der Waals surface area contributed by atoms with Crippen molar-refractivity contribution in [1.82, 2.24) is 35.8 Å². The van der Waals surface area contributed by atoms with Crippen molar-refractivity contribution in [3.8, 4) is 0 Å². The quantitative estimate of drug-likeness (QED) is 0.0256. The second-order valence-electron chi connectivity index (χ2n) is 20.5. The lowest BCUT2D eigenvalue weighted by atomic mass is 9.88. The molecule has 11 rings (SSSR count). The average Bonchev–Trinajstić information content (AvgIpc) is 4.14. The fraction of sp³-hybridized carbons (Fsp3) is 0.509. The van der Waals surface area contributed by atoms with Crippen LogP contribution in [0.3, 0.4) is 0 Å². The van der Waals surface area contributed by atoms with Crippen molar-refractivity contribution < 1.29 is 20.1 Å². The Morgan fingerprint density at radius 1 is 0.623 bits per heavy atom. The van der Waals surface area contributed by atoms with Crippen LogP contribution in [0.25, 0.3) is 0 Å². The SMILES string of the molecule is CC.CNCC(O)(Cc1ccccc1Cl)C1(Cl)CC1.Cl.Clc1ccccc1CC1(C2(Cl)CC2)CO1.OC(Cc1ccccc1Cl)(CN1NCNC1=S)C1(Cl)CC1.OC(Cc1ccccc1Cl)(Cn1[nH]cnc1=S)C1(Cl)CC1. The molecular weight excluding hydrogens is 1210 g/mol. The molecule has 4 saturated carbocycles. The molecular formula is C55H68Cl9N7O4S2. The second kappa shape index (κ2) is 26.7. The van der Waals surface area contributed by atoms with Crippen LogP contribution in [0.1, 0.15) is 87.5 Å². The van der Waals surface area contributed by atoms with Gasteiger partial charge in [0.15, 0.2) is 5.11 Å². The first-order chi connectivity index (χ1) is 36.0. The van der Waals surface area contributed by atoms with Gasteiger partial charge >= 0.3 is 0 Å². The number of hydrazine groups is 1. The molecule has 422 valence electrons. The highest BCUT2D eigenvalue weighted by atomic mass is 35.5. The standard InChI is InChI=1S/C14H17Cl2N3OS.C14H15Cl2N3OS.C13H17Cl2NO.C12H12Cl2O.C2H6.ClH/c2*15-11-4-2-1-3-10(11)7-14(20,13(16)5-6-13)8-19-12(21)17-9-18-19;1-16-9-13(17,12(15)6-7-12)8-10-4-2-3-5-11(10)14;13-10-4-2-1-3-9(10)7-12(8-15-12)11(14)5-6-11;1-2;/h1-4,18,20H,5-9H2,(H,17,21);1-4,9,20H,5-8H2,(H,17,18,21);2-5,16-17H,6-9H2,1H3;1-4H,5-8H2;1-2H3;1H. The number of epoxide rings is 1. The van der Waals surface area contributed by atoms with E-state index < -0.39 is 31.4 Å². The van der Waals surface area contributed by atoms with Crippen LogP contribution in [0.4, 0.5) is 0 Å². The Labute approximate surface area is 509 Å². The number of halogens is 9. The predicted molar refractivity (Wildman–Crippen MR) is 326 cm³/mol. The van der Waals surface area contributed by atoms with Gasteiger partial charge in [0.05, 0.1) is 45.9 Å². The lowest BCUT2D eigenvalue weighted by Gasteiger charge is -2.36. The number of aromatic amines is 1. The molecule has 7 N–H and O–H groups in total. The lowest BCUT2D eigenvalue weighted by Crippen LogP contribution is -2.55. The number of aliphatic hydroxyl groups is 3. The summed E-state index contributed by atoms with van der Waals surface area (Å²) < 4.78 is 7.62. The molecule has 3 heterocycles. The summed E-state index contributed by atoms with van der Waals surface area (Å²) in [6, 6.07) is 30.5. The number of H-pyrrole nitrogens is 1. The Morgan fingerprint density at radius 3 is 1.35 bits per heavy atom. The van der Waals surface area contributed by atoms with Crippen molar-refractivity contribution in [3.63, 3.8) is 0 Å². The van der Waals surface area contributed by atoms with Gasteiger partial charge in [-0.15, -0.1) is 58.8 Å². The van der Waals surface area contributed by atoms with Crippen molar-refractivity contribution in [1.29, 1.82) is 0 Å². The zero-order chi connectivity index (χ0) is 55.2. The van der Waals surface area contributed by atoms with Gasteiger partial charge in [-0.1, -0.05) is 133 Å². The summed E-state index contributed by atoms with van der Waals surface area (Å²) in [5.74, 6) is 0. The number of β-amino-alcohol motifs (C(OH)–C–C–N with tert-alkyl or cyclic N) is 1. The summed E-state index contributed by atoms with van der Waals surface area (Å²) in [4.78, 5) is 2.14. The van der Waals surface area contributed by atoms with Gasteiger partial charge in [-0.3, -0.25) is 14.8 Å². The van der Waals surface area contributed by atoms with E-state index in [0.717, 1.165) is 91.7 Å². The number of hydrogen-bond donors (Lipinski definition) is 7. The van der Waals surface area contributed by atoms with Gasteiger partial charge < -0.3 is 30.7 Å². The Kier molecular flexibility index (Phi) is 22.3. The zero-order valence-corrected chi connectivity index (χ0v) is 51.7. The maximum Gasteiger partial charge on any atom is 0.215 e. The summed E-state index contributed by atoms with van der Waals surface area (Å²) in [7, 11) is 1.82. The van der Waals surface area contributed by atoms with Gasteiger partial charge in [-0.25, -0.2) is 10.4 Å². The number of hydrogen-bond acceptors (Lipinski definition) is 9.